The van der Waals surface area contributed by atoms with E-state index in [1.54, 1.807) is 6.08 Å². The number of carbonyl (C=O) groups excluding carboxylic acids is 2. The minimum absolute atomic E-state index is 0.266. The first kappa shape index (κ1) is 11.7. The summed E-state index contributed by atoms with van der Waals surface area (Å²) in [6.45, 7) is 4.14. The highest BCUT2D eigenvalue weighted by Crippen LogP contribution is 2.11. The van der Waals surface area contributed by atoms with Crippen LogP contribution in [0.5, 0.6) is 0 Å². The maximum Gasteiger partial charge on any atom is 0.416 e. The van der Waals surface area contributed by atoms with Gasteiger partial charge in [0.15, 0.2) is 0 Å². The maximum absolute atomic E-state index is 11.8. The van der Waals surface area contributed by atoms with Crippen LogP contribution in [0.25, 0.3) is 0 Å². The first-order chi connectivity index (χ1) is 7.20. The lowest BCUT2D eigenvalue weighted by Crippen LogP contribution is -2.40. The van der Waals surface area contributed by atoms with Gasteiger partial charge in [-0.15, -0.1) is 6.58 Å². The first-order valence-electron chi connectivity index (χ1n) is 4.82. The van der Waals surface area contributed by atoms with E-state index in [2.05, 4.69) is 11.3 Å². The number of imide groups is 1. The van der Waals surface area contributed by atoms with Gasteiger partial charge in [-0.2, -0.15) is 0 Å². The van der Waals surface area contributed by atoms with Crippen molar-refractivity contribution >= 4 is 12.0 Å². The molecule has 5 heteroatoms. The average molecular weight is 213 g/mol. The fourth-order valence-corrected chi connectivity index (χ4v) is 1.38. The molecular formula is C10H15NO4. The van der Waals surface area contributed by atoms with E-state index in [-0.39, 0.29) is 12.5 Å². The molecule has 1 aliphatic heterocycles. The van der Waals surface area contributed by atoms with Gasteiger partial charge in [0, 0.05) is 7.11 Å². The zero-order valence-corrected chi connectivity index (χ0v) is 8.77. The Morgan fingerprint density at radius 1 is 1.80 bits per heavy atom. The second-order valence-corrected chi connectivity index (χ2v) is 3.19. The number of nitrogens with zero attached hydrogens (tertiary/aromatic N) is 1. The maximum atomic E-state index is 11.8. The number of carbonyl (C=O) groups is 2. The molecule has 0 aromatic carbocycles. The van der Waals surface area contributed by atoms with Crippen LogP contribution < -0.4 is 0 Å². The Balaban J connectivity index is 2.55. The average Bonchev–Trinajstić information content (AvgIpc) is 2.65. The van der Waals surface area contributed by atoms with Crippen LogP contribution in [-0.4, -0.2) is 43.3 Å². The predicted octanol–water partition coefficient (Wildman–Crippen LogP) is 0.946. The fourth-order valence-electron chi connectivity index (χ4n) is 1.38. The quantitative estimate of drug-likeness (QED) is 0.638. The standard InChI is InChI=1S/C10H15NO4/c1-3-4-5-8(14-2)9(12)11-6-7-15-10(11)13/h3,8H,1,4-7H2,2H3. The topological polar surface area (TPSA) is 55.8 Å². The van der Waals surface area contributed by atoms with Crippen molar-refractivity contribution in [2.24, 2.45) is 0 Å². The molecule has 1 heterocycles. The molecule has 0 N–H and O–H groups in total. The van der Waals surface area contributed by atoms with Gasteiger partial charge in [-0.25, -0.2) is 9.69 Å². The van der Waals surface area contributed by atoms with E-state index in [0.29, 0.717) is 19.4 Å². The van der Waals surface area contributed by atoms with Crippen molar-refractivity contribution in [1.82, 2.24) is 4.90 Å². The van der Waals surface area contributed by atoms with E-state index < -0.39 is 12.2 Å². The minimum Gasteiger partial charge on any atom is -0.447 e. The molecule has 84 valence electrons. The van der Waals surface area contributed by atoms with Gasteiger partial charge in [0.1, 0.15) is 12.7 Å². The first-order valence-corrected chi connectivity index (χ1v) is 4.82. The Bertz CT molecular complexity index is 264. The van der Waals surface area contributed by atoms with Crippen LogP contribution in [0, 0.1) is 0 Å². The molecule has 0 saturated carbocycles. The molecule has 15 heavy (non-hydrogen) atoms. The van der Waals surface area contributed by atoms with Crippen molar-refractivity contribution in [3.05, 3.63) is 12.7 Å². The van der Waals surface area contributed by atoms with Crippen LogP contribution in [-0.2, 0) is 14.3 Å². The zero-order valence-electron chi connectivity index (χ0n) is 8.77. The summed E-state index contributed by atoms with van der Waals surface area (Å²) in [6.07, 6.45) is 1.74. The SMILES string of the molecule is C=CCCC(OC)C(=O)N1CCOC1=O. The zero-order chi connectivity index (χ0) is 11.3. The number of methoxy groups -OCH3 is 1. The summed E-state index contributed by atoms with van der Waals surface area (Å²) in [7, 11) is 1.45. The number of hydrogen-bond donors (Lipinski definition) is 0. The third kappa shape index (κ3) is 2.79. The number of hydrogen-bond acceptors (Lipinski definition) is 4. The van der Waals surface area contributed by atoms with Crippen molar-refractivity contribution < 1.29 is 19.1 Å². The van der Waals surface area contributed by atoms with Gasteiger partial charge >= 0.3 is 6.09 Å². The summed E-state index contributed by atoms with van der Waals surface area (Å²) >= 11 is 0. The van der Waals surface area contributed by atoms with Crippen LogP contribution in [0.15, 0.2) is 12.7 Å². The number of allylic oxidation sites excluding steroid dienone is 1. The second-order valence-electron chi connectivity index (χ2n) is 3.19. The highest BCUT2D eigenvalue weighted by atomic mass is 16.6. The Morgan fingerprint density at radius 2 is 2.53 bits per heavy atom. The van der Waals surface area contributed by atoms with E-state index >= 15 is 0 Å². The van der Waals surface area contributed by atoms with Gasteiger partial charge in [-0.05, 0) is 12.8 Å². The summed E-state index contributed by atoms with van der Waals surface area (Å²) in [5.41, 5.74) is 0. The summed E-state index contributed by atoms with van der Waals surface area (Å²) in [5, 5.41) is 0. The molecule has 1 unspecified atom stereocenters. The molecule has 1 rings (SSSR count). The molecule has 5 nitrogen and oxygen atoms in total. The molecule has 0 spiro atoms. The highest BCUT2D eigenvalue weighted by molar-refractivity contribution is 5.95. The van der Waals surface area contributed by atoms with Crippen molar-refractivity contribution in [2.75, 3.05) is 20.3 Å². The largest absolute Gasteiger partial charge is 0.447 e. The van der Waals surface area contributed by atoms with Crippen LogP contribution in [0.1, 0.15) is 12.8 Å². The summed E-state index contributed by atoms with van der Waals surface area (Å²) in [4.78, 5) is 24.0. The molecule has 1 fully saturated rings. The molecule has 1 aliphatic rings. The van der Waals surface area contributed by atoms with Crippen molar-refractivity contribution in [3.8, 4) is 0 Å². The van der Waals surface area contributed by atoms with Gasteiger partial charge in [0.05, 0.1) is 6.54 Å². The molecule has 1 atom stereocenters. The van der Waals surface area contributed by atoms with E-state index in [4.69, 9.17) is 4.74 Å². The van der Waals surface area contributed by atoms with Gasteiger partial charge in [-0.3, -0.25) is 4.79 Å². The highest BCUT2D eigenvalue weighted by Gasteiger charge is 2.33. The van der Waals surface area contributed by atoms with Gasteiger partial charge < -0.3 is 9.47 Å². The number of rotatable bonds is 5. The molecule has 1 saturated heterocycles. The smallest absolute Gasteiger partial charge is 0.416 e. The number of ether oxygens (including phenoxy) is 2. The Labute approximate surface area is 88.6 Å². The number of cyclic esters (lactones) is 1. The summed E-state index contributed by atoms with van der Waals surface area (Å²) in [6, 6.07) is 0. The van der Waals surface area contributed by atoms with E-state index in [0.717, 1.165) is 4.90 Å². The Kier molecular flexibility index (Phi) is 4.30. The molecule has 0 aromatic rings. The third-order valence-electron chi connectivity index (χ3n) is 2.22. The second kappa shape index (κ2) is 5.50. The third-order valence-corrected chi connectivity index (χ3v) is 2.22. The van der Waals surface area contributed by atoms with Gasteiger partial charge in [-0.1, -0.05) is 6.08 Å². The van der Waals surface area contributed by atoms with Crippen molar-refractivity contribution in [1.29, 1.82) is 0 Å². The minimum atomic E-state index is -0.589. The lowest BCUT2D eigenvalue weighted by molar-refractivity contribution is -0.138. The van der Waals surface area contributed by atoms with Crippen molar-refractivity contribution in [2.45, 2.75) is 18.9 Å². The summed E-state index contributed by atoms with van der Waals surface area (Å²) in [5.74, 6) is -0.332. The normalized spacial score (nSPS) is 17.4. The van der Waals surface area contributed by atoms with Gasteiger partial charge in [0.2, 0.25) is 0 Å². The molecule has 0 radical (unpaired) electrons. The number of amides is 2. The summed E-state index contributed by atoms with van der Waals surface area (Å²) < 4.78 is 9.70. The van der Waals surface area contributed by atoms with E-state index in [1.165, 1.54) is 7.11 Å². The van der Waals surface area contributed by atoms with Crippen molar-refractivity contribution in [3.63, 3.8) is 0 Å². The molecule has 2 amide bonds. The van der Waals surface area contributed by atoms with Crippen LogP contribution in [0.4, 0.5) is 4.79 Å². The van der Waals surface area contributed by atoms with E-state index in [9.17, 15) is 9.59 Å². The predicted molar refractivity (Wildman–Crippen MR) is 53.3 cm³/mol. The molecule has 0 aromatic heterocycles. The molecular weight excluding hydrogens is 198 g/mol. The monoisotopic (exact) mass is 213 g/mol. The lowest BCUT2D eigenvalue weighted by Gasteiger charge is -2.18. The van der Waals surface area contributed by atoms with Crippen LogP contribution in [0.2, 0.25) is 0 Å². The fraction of sp³-hybridized carbons (Fsp3) is 0.600. The van der Waals surface area contributed by atoms with Crippen LogP contribution in [0.3, 0.4) is 0 Å². The van der Waals surface area contributed by atoms with E-state index in [1.807, 2.05) is 0 Å². The lowest BCUT2D eigenvalue weighted by atomic mass is 10.1. The Morgan fingerprint density at radius 3 is 3.00 bits per heavy atom. The molecule has 0 bridgehead atoms. The molecule has 0 aliphatic carbocycles. The van der Waals surface area contributed by atoms with Crippen LogP contribution >= 0.6 is 0 Å². The Hall–Kier alpha value is -1.36. The van der Waals surface area contributed by atoms with Gasteiger partial charge in [0.25, 0.3) is 5.91 Å².